The molecular weight excluding hydrogens is 184 g/mol. The topological polar surface area (TPSA) is 74.6 Å². The van der Waals surface area contributed by atoms with Gasteiger partial charge < -0.3 is 10.2 Å². The smallest absolute Gasteiger partial charge is 0.306 e. The van der Waals surface area contributed by atoms with E-state index in [9.17, 15) is 9.59 Å². The van der Waals surface area contributed by atoms with Crippen LogP contribution in [0.5, 0.6) is 0 Å². The first kappa shape index (κ1) is 12.9. The van der Waals surface area contributed by atoms with E-state index in [0.717, 1.165) is 19.3 Å². The van der Waals surface area contributed by atoms with E-state index >= 15 is 0 Å². The van der Waals surface area contributed by atoms with Crippen LogP contribution < -0.4 is 0 Å². The molecule has 0 aromatic carbocycles. The summed E-state index contributed by atoms with van der Waals surface area (Å²) in [6.07, 6.45) is 3.98. The SMILES string of the molecule is [CH2]C(CCCCCCC(=O)O)C(=O)O. The van der Waals surface area contributed by atoms with Gasteiger partial charge in [-0.15, -0.1) is 0 Å². The summed E-state index contributed by atoms with van der Waals surface area (Å²) in [7, 11) is 0. The maximum absolute atomic E-state index is 10.4. The lowest BCUT2D eigenvalue weighted by Crippen LogP contribution is -2.09. The van der Waals surface area contributed by atoms with Crippen molar-refractivity contribution in [1.82, 2.24) is 0 Å². The van der Waals surface area contributed by atoms with E-state index in [2.05, 4.69) is 6.92 Å². The summed E-state index contributed by atoms with van der Waals surface area (Å²) in [5.74, 6) is -2.17. The number of carboxylic acid groups (broad SMARTS) is 2. The molecule has 1 atom stereocenters. The maximum Gasteiger partial charge on any atom is 0.306 e. The number of unbranched alkanes of at least 4 members (excludes halogenated alkanes) is 3. The van der Waals surface area contributed by atoms with Crippen molar-refractivity contribution < 1.29 is 19.8 Å². The molecule has 0 heterocycles. The lowest BCUT2D eigenvalue weighted by molar-refractivity contribution is -0.140. The number of aliphatic carboxylic acids is 2. The molecule has 0 aliphatic heterocycles. The molecule has 4 heteroatoms. The molecule has 81 valence electrons. The molecule has 0 rings (SSSR count). The molecule has 4 nitrogen and oxygen atoms in total. The van der Waals surface area contributed by atoms with Crippen LogP contribution in [-0.2, 0) is 9.59 Å². The van der Waals surface area contributed by atoms with Crippen molar-refractivity contribution in [2.24, 2.45) is 5.92 Å². The Hall–Kier alpha value is -1.06. The number of hydrogen-bond acceptors (Lipinski definition) is 2. The summed E-state index contributed by atoms with van der Waals surface area (Å²) in [5, 5.41) is 16.9. The zero-order valence-corrected chi connectivity index (χ0v) is 8.24. The highest BCUT2D eigenvalue weighted by Crippen LogP contribution is 2.10. The van der Waals surface area contributed by atoms with Crippen molar-refractivity contribution >= 4 is 11.9 Å². The second-order valence-electron chi connectivity index (χ2n) is 3.38. The number of carboxylic acids is 2. The van der Waals surface area contributed by atoms with E-state index in [0.29, 0.717) is 12.8 Å². The molecule has 14 heavy (non-hydrogen) atoms. The molecule has 0 amide bonds. The molecule has 0 aromatic rings. The molecule has 1 unspecified atom stereocenters. The summed E-state index contributed by atoms with van der Waals surface area (Å²) in [4.78, 5) is 20.5. The Morgan fingerprint density at radius 1 is 1.07 bits per heavy atom. The Labute approximate surface area is 83.9 Å². The van der Waals surface area contributed by atoms with Crippen molar-refractivity contribution in [3.8, 4) is 0 Å². The first-order valence-corrected chi connectivity index (χ1v) is 4.81. The highest BCUT2D eigenvalue weighted by Gasteiger charge is 2.09. The minimum Gasteiger partial charge on any atom is -0.481 e. The standard InChI is InChI=1S/C10H17O4/c1-8(10(13)14)6-4-2-3-5-7-9(11)12/h8H,1-7H2,(H,11,12)(H,13,14). The lowest BCUT2D eigenvalue weighted by Gasteiger charge is -2.04. The van der Waals surface area contributed by atoms with Gasteiger partial charge in [0.05, 0.1) is 5.92 Å². The van der Waals surface area contributed by atoms with Gasteiger partial charge in [0.25, 0.3) is 0 Å². The molecule has 0 bridgehead atoms. The van der Waals surface area contributed by atoms with Gasteiger partial charge in [0, 0.05) is 6.42 Å². The van der Waals surface area contributed by atoms with Crippen molar-refractivity contribution in [3.63, 3.8) is 0 Å². The molecule has 0 saturated heterocycles. The van der Waals surface area contributed by atoms with Crippen LogP contribution in [0.1, 0.15) is 38.5 Å². The maximum atomic E-state index is 10.4. The molecule has 2 N–H and O–H groups in total. The molecule has 0 spiro atoms. The third-order valence-electron chi connectivity index (χ3n) is 2.04. The highest BCUT2D eigenvalue weighted by atomic mass is 16.4. The second kappa shape index (κ2) is 7.35. The van der Waals surface area contributed by atoms with Gasteiger partial charge in [-0.25, -0.2) is 0 Å². The fraction of sp³-hybridized carbons (Fsp3) is 0.700. The fourth-order valence-electron chi connectivity index (χ4n) is 1.14. The van der Waals surface area contributed by atoms with E-state index in [1.807, 2.05) is 0 Å². The van der Waals surface area contributed by atoms with Gasteiger partial charge in [0.2, 0.25) is 0 Å². The lowest BCUT2D eigenvalue weighted by atomic mass is 10.0. The summed E-state index contributed by atoms with van der Waals surface area (Å²) in [5.41, 5.74) is 0. The van der Waals surface area contributed by atoms with Crippen LogP contribution in [-0.4, -0.2) is 22.2 Å². The Kier molecular flexibility index (Phi) is 6.80. The third kappa shape index (κ3) is 7.58. The molecular formula is C10H17O4. The number of carbonyl (C=O) groups is 2. The van der Waals surface area contributed by atoms with Crippen molar-refractivity contribution in [2.45, 2.75) is 38.5 Å². The predicted molar refractivity (Wildman–Crippen MR) is 51.8 cm³/mol. The second-order valence-corrected chi connectivity index (χ2v) is 3.38. The van der Waals surface area contributed by atoms with Crippen molar-refractivity contribution in [2.75, 3.05) is 0 Å². The van der Waals surface area contributed by atoms with Gasteiger partial charge in [0.1, 0.15) is 0 Å². The predicted octanol–water partition coefficient (Wildman–Crippen LogP) is 1.95. The number of hydrogen-bond donors (Lipinski definition) is 2. The van der Waals surface area contributed by atoms with Crippen molar-refractivity contribution in [3.05, 3.63) is 6.92 Å². The summed E-state index contributed by atoms with van der Waals surface area (Å²) in [6.45, 7) is 3.49. The quantitative estimate of drug-likeness (QED) is 0.588. The van der Waals surface area contributed by atoms with Crippen LogP contribution in [0.3, 0.4) is 0 Å². The average molecular weight is 201 g/mol. The largest absolute Gasteiger partial charge is 0.481 e. The first-order valence-electron chi connectivity index (χ1n) is 4.81. The zero-order chi connectivity index (χ0) is 11.0. The Bertz CT molecular complexity index is 189. The van der Waals surface area contributed by atoms with Crippen LogP contribution in [0.2, 0.25) is 0 Å². The van der Waals surface area contributed by atoms with Gasteiger partial charge >= 0.3 is 11.9 Å². The Morgan fingerprint density at radius 3 is 2.14 bits per heavy atom. The molecule has 0 aromatic heterocycles. The van der Waals surface area contributed by atoms with Gasteiger partial charge in [-0.05, 0) is 19.8 Å². The van der Waals surface area contributed by atoms with Gasteiger partial charge in [-0.2, -0.15) is 0 Å². The molecule has 0 saturated carbocycles. The monoisotopic (exact) mass is 201 g/mol. The van der Waals surface area contributed by atoms with Crippen LogP contribution >= 0.6 is 0 Å². The Morgan fingerprint density at radius 2 is 1.64 bits per heavy atom. The van der Waals surface area contributed by atoms with Gasteiger partial charge in [-0.3, -0.25) is 9.59 Å². The molecule has 1 radical (unpaired) electrons. The average Bonchev–Trinajstić information content (AvgIpc) is 2.09. The first-order chi connectivity index (χ1) is 6.54. The van der Waals surface area contributed by atoms with E-state index in [4.69, 9.17) is 10.2 Å². The van der Waals surface area contributed by atoms with Crippen LogP contribution in [0.25, 0.3) is 0 Å². The summed E-state index contributed by atoms with van der Waals surface area (Å²) < 4.78 is 0. The summed E-state index contributed by atoms with van der Waals surface area (Å²) >= 11 is 0. The van der Waals surface area contributed by atoms with Gasteiger partial charge in [0.15, 0.2) is 0 Å². The highest BCUT2D eigenvalue weighted by molar-refractivity contribution is 5.70. The fourth-order valence-corrected chi connectivity index (χ4v) is 1.14. The summed E-state index contributed by atoms with van der Waals surface area (Å²) in [6, 6.07) is 0. The zero-order valence-electron chi connectivity index (χ0n) is 8.24. The van der Waals surface area contributed by atoms with E-state index in [1.54, 1.807) is 0 Å². The number of rotatable bonds is 8. The van der Waals surface area contributed by atoms with Crippen LogP contribution in [0, 0.1) is 12.8 Å². The Balaban J connectivity index is 3.21. The third-order valence-corrected chi connectivity index (χ3v) is 2.04. The minimum absolute atomic E-state index is 0.201. The van der Waals surface area contributed by atoms with Crippen molar-refractivity contribution in [1.29, 1.82) is 0 Å². The normalized spacial score (nSPS) is 12.4. The van der Waals surface area contributed by atoms with E-state index < -0.39 is 17.9 Å². The van der Waals surface area contributed by atoms with E-state index in [1.165, 1.54) is 0 Å². The van der Waals surface area contributed by atoms with E-state index in [-0.39, 0.29) is 6.42 Å². The van der Waals surface area contributed by atoms with Crippen LogP contribution in [0.4, 0.5) is 0 Å². The van der Waals surface area contributed by atoms with Gasteiger partial charge in [-0.1, -0.05) is 19.3 Å². The molecule has 0 aliphatic carbocycles. The van der Waals surface area contributed by atoms with Crippen LogP contribution in [0.15, 0.2) is 0 Å². The minimum atomic E-state index is -0.865. The molecule has 0 aliphatic rings. The molecule has 0 fully saturated rings.